The summed E-state index contributed by atoms with van der Waals surface area (Å²) in [6.07, 6.45) is 0. The largest absolute Gasteiger partial charge is 0.394 e. The molecule has 28 valence electrons. The summed E-state index contributed by atoms with van der Waals surface area (Å²) in [5.74, 6) is 0. The minimum atomic E-state index is -0.875. The summed E-state index contributed by atoms with van der Waals surface area (Å²) < 4.78 is 3.47. The van der Waals surface area contributed by atoms with E-state index in [4.69, 9.17) is 10.1 Å². The molecule has 0 spiro atoms. The summed E-state index contributed by atoms with van der Waals surface area (Å²) in [5, 5.41) is 8.08. The first kappa shape index (κ1) is 4.26. The molecule has 0 radical (unpaired) electrons. The number of nitrogens with zero attached hydrogens (tertiary/aromatic N) is 1. The van der Waals surface area contributed by atoms with Gasteiger partial charge in [0.2, 0.25) is 0 Å². The lowest BCUT2D eigenvalue weighted by molar-refractivity contribution is -0.714. The van der Waals surface area contributed by atoms with Crippen molar-refractivity contribution in [2.75, 3.05) is 0 Å². The van der Waals surface area contributed by atoms with Crippen molar-refractivity contribution >= 4 is 8.05 Å². The molecule has 0 amide bonds. The summed E-state index contributed by atoms with van der Waals surface area (Å²) in [7, 11) is 1.00. The van der Waals surface area contributed by atoms with E-state index >= 15 is 0 Å². The van der Waals surface area contributed by atoms with Crippen LogP contribution in [0.15, 0.2) is 0 Å². The molecule has 0 unspecified atom stereocenters. The van der Waals surface area contributed by atoms with Crippen LogP contribution in [0.3, 0.4) is 0 Å². The summed E-state index contributed by atoms with van der Waals surface area (Å²) in [4.78, 5) is 8.95. The topological polar surface area (TPSA) is 52.4 Å². The standard InChI is InChI=1S/BH2NO3/c1-5-2(3)4/h1H2. The molecular weight excluding hydrogens is 72.8 g/mol. The maximum Gasteiger partial charge on any atom is 0.318 e. The maximum atomic E-state index is 8.95. The summed E-state index contributed by atoms with van der Waals surface area (Å²) in [5.41, 5.74) is 0. The molecule has 5 heavy (non-hydrogen) atoms. The van der Waals surface area contributed by atoms with Crippen LogP contribution in [0.1, 0.15) is 0 Å². The van der Waals surface area contributed by atoms with Gasteiger partial charge in [0.25, 0.3) is 5.09 Å². The molecule has 0 atom stereocenters. The van der Waals surface area contributed by atoms with Crippen LogP contribution in [0.2, 0.25) is 0 Å². The van der Waals surface area contributed by atoms with Crippen molar-refractivity contribution in [1.82, 2.24) is 0 Å². The van der Waals surface area contributed by atoms with Crippen molar-refractivity contribution in [3.63, 3.8) is 0 Å². The second-order valence-corrected chi connectivity index (χ2v) is 0.406. The van der Waals surface area contributed by atoms with Gasteiger partial charge < -0.3 is 4.76 Å². The van der Waals surface area contributed by atoms with E-state index in [9.17, 15) is 0 Å². The fourth-order valence-corrected chi connectivity index (χ4v) is 0. The number of rotatable bonds is 1. The highest BCUT2D eigenvalue weighted by atomic mass is 16.9. The Morgan fingerprint density at radius 1 is 2.00 bits per heavy atom. The minimum absolute atomic E-state index is 0.875. The smallest absolute Gasteiger partial charge is 0.318 e. The molecule has 0 aromatic rings. The van der Waals surface area contributed by atoms with Crippen molar-refractivity contribution in [3.05, 3.63) is 10.1 Å². The Bertz CT molecular complexity index is 42.2. The van der Waals surface area contributed by atoms with Gasteiger partial charge >= 0.3 is 8.05 Å². The van der Waals surface area contributed by atoms with Crippen LogP contribution in [0, 0.1) is 10.1 Å². The molecule has 0 aliphatic carbocycles. The first-order valence-corrected chi connectivity index (χ1v) is 0.956. The lowest BCUT2D eigenvalue weighted by Crippen LogP contribution is -1.93. The van der Waals surface area contributed by atoms with E-state index in [0.717, 1.165) is 8.05 Å². The molecule has 0 heterocycles. The zero-order valence-electron chi connectivity index (χ0n) is 2.67. The quantitative estimate of drug-likeness (QED) is 0.222. The monoisotopic (exact) mass is 75.0 g/mol. The fraction of sp³-hybridized carbons (Fsp3) is 0. The molecule has 4 nitrogen and oxygen atoms in total. The Morgan fingerprint density at radius 2 is 2.20 bits per heavy atom. The molecule has 0 aromatic heterocycles. The normalized spacial score (nSPS) is 6.40. The van der Waals surface area contributed by atoms with Crippen LogP contribution in [0.5, 0.6) is 0 Å². The predicted octanol–water partition coefficient (Wildman–Crippen LogP) is -1.26. The van der Waals surface area contributed by atoms with Crippen LogP contribution in [-0.2, 0) is 4.76 Å². The number of hydrogen-bond donors (Lipinski definition) is 0. The van der Waals surface area contributed by atoms with Gasteiger partial charge in [-0.3, -0.25) is 0 Å². The van der Waals surface area contributed by atoms with E-state index in [1.54, 1.807) is 0 Å². The molecule has 0 N–H and O–H groups in total. The van der Waals surface area contributed by atoms with Gasteiger partial charge in [-0.25, -0.2) is 0 Å². The molecule has 0 saturated heterocycles. The van der Waals surface area contributed by atoms with Gasteiger partial charge in [0.05, 0.1) is 0 Å². The first-order chi connectivity index (χ1) is 2.27. The zero-order valence-corrected chi connectivity index (χ0v) is 2.67. The average molecular weight is 74.8 g/mol. The van der Waals surface area contributed by atoms with Crippen molar-refractivity contribution in [1.29, 1.82) is 0 Å². The minimum Gasteiger partial charge on any atom is -0.394 e. The van der Waals surface area contributed by atoms with Gasteiger partial charge in [0, 0.05) is 0 Å². The lowest BCUT2D eigenvalue weighted by Gasteiger charge is -1.76. The highest BCUT2D eigenvalue weighted by Crippen LogP contribution is 1.55. The summed E-state index contributed by atoms with van der Waals surface area (Å²) in [6.45, 7) is 0. The Kier molecular flexibility index (Phi) is 1.34. The van der Waals surface area contributed by atoms with Crippen molar-refractivity contribution in [2.24, 2.45) is 0 Å². The highest BCUT2D eigenvalue weighted by Gasteiger charge is 1.76. The fourth-order valence-electron chi connectivity index (χ4n) is 0. The Hall–Kier alpha value is -0.735. The van der Waals surface area contributed by atoms with Gasteiger partial charge in [-0.05, 0) is 0 Å². The number of hydrogen-bond acceptors (Lipinski definition) is 3. The van der Waals surface area contributed by atoms with Crippen molar-refractivity contribution in [2.45, 2.75) is 0 Å². The average Bonchev–Trinajstić information content (AvgIpc) is 1.38. The molecule has 5 heteroatoms. The molecule has 0 aliphatic heterocycles. The third-order valence-electron chi connectivity index (χ3n) is 0.149. The summed E-state index contributed by atoms with van der Waals surface area (Å²) >= 11 is 0. The van der Waals surface area contributed by atoms with Crippen LogP contribution in [0.4, 0.5) is 0 Å². The van der Waals surface area contributed by atoms with Gasteiger partial charge in [-0.2, -0.15) is 0 Å². The van der Waals surface area contributed by atoms with E-state index in [1.165, 1.54) is 0 Å². The van der Waals surface area contributed by atoms with Crippen LogP contribution >= 0.6 is 0 Å². The van der Waals surface area contributed by atoms with Gasteiger partial charge in [-0.15, -0.1) is 10.1 Å². The highest BCUT2D eigenvalue weighted by molar-refractivity contribution is 5.97. The second-order valence-electron chi connectivity index (χ2n) is 0.406. The van der Waals surface area contributed by atoms with E-state index in [1.807, 2.05) is 0 Å². The van der Waals surface area contributed by atoms with Crippen LogP contribution in [0.25, 0.3) is 0 Å². The van der Waals surface area contributed by atoms with Crippen LogP contribution < -0.4 is 0 Å². The molecule has 0 saturated carbocycles. The third kappa shape index (κ3) is 3.26. The first-order valence-electron chi connectivity index (χ1n) is 0.956. The van der Waals surface area contributed by atoms with Crippen molar-refractivity contribution in [3.8, 4) is 0 Å². The molecule has 0 bridgehead atoms. The Balaban J connectivity index is 2.85. The molecular formula is H2BNO3. The van der Waals surface area contributed by atoms with Gasteiger partial charge in [0.1, 0.15) is 0 Å². The Labute approximate surface area is 29.3 Å². The van der Waals surface area contributed by atoms with Gasteiger partial charge in [0.15, 0.2) is 0 Å². The predicted molar refractivity (Wildman–Crippen MR) is 16.6 cm³/mol. The third-order valence-corrected chi connectivity index (χ3v) is 0.149. The SMILES string of the molecule is BO[N+](=O)[O-]. The van der Waals surface area contributed by atoms with Gasteiger partial charge in [-0.1, -0.05) is 0 Å². The molecule has 0 aromatic carbocycles. The molecule has 0 aliphatic rings. The van der Waals surface area contributed by atoms with E-state index in [2.05, 4.69) is 4.76 Å². The van der Waals surface area contributed by atoms with Crippen LogP contribution in [-0.4, -0.2) is 13.1 Å². The van der Waals surface area contributed by atoms with Crippen molar-refractivity contribution < 1.29 is 9.84 Å². The molecule has 0 rings (SSSR count). The lowest BCUT2D eigenvalue weighted by atomic mass is 10.6. The van der Waals surface area contributed by atoms with E-state index in [-0.39, 0.29) is 0 Å². The second kappa shape index (κ2) is 1.57. The zero-order chi connectivity index (χ0) is 4.28. The van der Waals surface area contributed by atoms with E-state index < -0.39 is 5.09 Å². The molecule has 0 fully saturated rings. The Morgan fingerprint density at radius 3 is 2.20 bits per heavy atom. The summed E-state index contributed by atoms with van der Waals surface area (Å²) in [6, 6.07) is 0. The van der Waals surface area contributed by atoms with E-state index in [0.29, 0.717) is 0 Å². The maximum absolute atomic E-state index is 8.95.